The van der Waals surface area contributed by atoms with E-state index < -0.39 is 0 Å². The third kappa shape index (κ3) is 3.80. The lowest BCUT2D eigenvalue weighted by molar-refractivity contribution is -0.121. The topological polar surface area (TPSA) is 41.5 Å². The van der Waals surface area contributed by atoms with Gasteiger partial charge in [-0.15, -0.1) is 0 Å². The van der Waals surface area contributed by atoms with Crippen molar-refractivity contribution in [1.82, 2.24) is 5.43 Å². The van der Waals surface area contributed by atoms with E-state index in [1.807, 2.05) is 0 Å². The average molecular weight is 319 g/mol. The van der Waals surface area contributed by atoms with Crippen molar-refractivity contribution in [1.29, 1.82) is 0 Å². The molecule has 0 aromatic rings. The molecule has 0 saturated heterocycles. The van der Waals surface area contributed by atoms with E-state index in [1.54, 1.807) is 0 Å². The Labute approximate surface area is 141 Å². The van der Waals surface area contributed by atoms with Gasteiger partial charge in [0.2, 0.25) is 5.91 Å². The molecule has 1 N–H and O–H groups in total. The van der Waals surface area contributed by atoms with Crippen molar-refractivity contribution in [3.05, 3.63) is 0 Å². The molecule has 4 bridgehead atoms. The number of nitrogens with one attached hydrogen (secondary N) is 1. The molecular formula is C20H34N2O. The minimum absolute atomic E-state index is 0.108. The molecule has 4 rings (SSSR count). The normalized spacial score (nSPS) is 35.6. The van der Waals surface area contributed by atoms with E-state index in [1.165, 1.54) is 57.1 Å². The Morgan fingerprint density at radius 1 is 1.00 bits per heavy atom. The van der Waals surface area contributed by atoms with Crippen LogP contribution in [0.25, 0.3) is 0 Å². The Morgan fingerprint density at radius 2 is 1.61 bits per heavy atom. The molecule has 0 aliphatic heterocycles. The Kier molecular flexibility index (Phi) is 5.43. The van der Waals surface area contributed by atoms with Crippen LogP contribution >= 0.6 is 0 Å². The van der Waals surface area contributed by atoms with Gasteiger partial charge in [-0.05, 0) is 69.1 Å². The van der Waals surface area contributed by atoms with Gasteiger partial charge >= 0.3 is 0 Å². The summed E-state index contributed by atoms with van der Waals surface area (Å²) in [4.78, 5) is 12.0. The lowest BCUT2D eigenvalue weighted by Crippen LogP contribution is -2.50. The minimum Gasteiger partial charge on any atom is -0.273 e. The number of amides is 1. The molecule has 0 heterocycles. The molecule has 4 saturated carbocycles. The maximum Gasteiger partial charge on any atom is 0.240 e. The van der Waals surface area contributed by atoms with Gasteiger partial charge in [0.05, 0.1) is 0 Å². The number of carbonyl (C=O) groups is 1. The van der Waals surface area contributed by atoms with E-state index in [0.29, 0.717) is 11.8 Å². The molecule has 0 spiro atoms. The van der Waals surface area contributed by atoms with Gasteiger partial charge in [-0.25, -0.2) is 5.43 Å². The second-order valence-corrected chi connectivity index (χ2v) is 8.46. The molecule has 0 aromatic heterocycles. The van der Waals surface area contributed by atoms with Gasteiger partial charge in [0.15, 0.2) is 0 Å². The van der Waals surface area contributed by atoms with Crippen LogP contribution in [0.5, 0.6) is 0 Å². The van der Waals surface area contributed by atoms with Crippen LogP contribution in [-0.2, 0) is 4.79 Å². The highest BCUT2D eigenvalue weighted by Crippen LogP contribution is 2.60. The Hall–Kier alpha value is -0.860. The minimum atomic E-state index is 0.108. The predicted octanol–water partition coefficient (Wildman–Crippen LogP) is 5.06. The van der Waals surface area contributed by atoms with Crippen LogP contribution < -0.4 is 5.43 Å². The molecule has 3 heteroatoms. The Balaban J connectivity index is 1.57. The summed E-state index contributed by atoms with van der Waals surface area (Å²) in [6.07, 6.45) is 14.6. The van der Waals surface area contributed by atoms with E-state index in [0.717, 1.165) is 37.0 Å². The summed E-state index contributed by atoms with van der Waals surface area (Å²) in [5.74, 6) is 2.91. The first-order chi connectivity index (χ1) is 11.1. The highest BCUT2D eigenvalue weighted by molar-refractivity contribution is 5.91. The van der Waals surface area contributed by atoms with E-state index in [4.69, 9.17) is 0 Å². The zero-order valence-electron chi connectivity index (χ0n) is 15.1. The van der Waals surface area contributed by atoms with Crippen molar-refractivity contribution >= 4 is 11.6 Å². The molecule has 0 atom stereocenters. The largest absolute Gasteiger partial charge is 0.273 e. The van der Waals surface area contributed by atoms with Crippen molar-refractivity contribution in [3.63, 3.8) is 0 Å². The Morgan fingerprint density at radius 3 is 2.13 bits per heavy atom. The molecule has 4 aliphatic rings. The van der Waals surface area contributed by atoms with Gasteiger partial charge in [-0.2, -0.15) is 5.10 Å². The van der Waals surface area contributed by atoms with Gasteiger partial charge in [0.25, 0.3) is 0 Å². The fourth-order valence-corrected chi connectivity index (χ4v) is 5.93. The zero-order valence-corrected chi connectivity index (χ0v) is 15.1. The first kappa shape index (κ1) is 17.0. The van der Waals surface area contributed by atoms with Gasteiger partial charge in [0.1, 0.15) is 0 Å². The van der Waals surface area contributed by atoms with Gasteiger partial charge in [0, 0.05) is 17.5 Å². The van der Waals surface area contributed by atoms with E-state index in [-0.39, 0.29) is 5.91 Å². The van der Waals surface area contributed by atoms with Gasteiger partial charge in [-0.1, -0.05) is 33.1 Å². The van der Waals surface area contributed by atoms with Crippen LogP contribution in [0.4, 0.5) is 0 Å². The standard InChI is InChI=1S/C20H34N2O/c1-3-5-6-7-8-19(23)22-21-18(4-2)20-12-15-9-16(13-20)11-17(10-15)14-20/h15-17H,3-14H2,1-2H3,(H,22,23)/b21-18-. The number of rotatable bonds is 8. The van der Waals surface area contributed by atoms with Crippen molar-refractivity contribution in [2.45, 2.75) is 90.9 Å². The second kappa shape index (κ2) is 7.36. The molecule has 1 amide bonds. The Bertz CT molecular complexity index is 419. The molecule has 23 heavy (non-hydrogen) atoms. The smallest absolute Gasteiger partial charge is 0.240 e. The van der Waals surface area contributed by atoms with Crippen LogP contribution in [0.2, 0.25) is 0 Å². The van der Waals surface area contributed by atoms with Gasteiger partial charge < -0.3 is 0 Å². The highest BCUT2D eigenvalue weighted by Gasteiger charge is 2.52. The zero-order chi connectivity index (χ0) is 16.3. The van der Waals surface area contributed by atoms with Crippen LogP contribution in [0.1, 0.15) is 90.9 Å². The number of hydrazone groups is 1. The third-order valence-corrected chi connectivity index (χ3v) is 6.56. The molecule has 4 aliphatic carbocycles. The molecule has 3 nitrogen and oxygen atoms in total. The predicted molar refractivity (Wildman–Crippen MR) is 95.2 cm³/mol. The third-order valence-electron chi connectivity index (χ3n) is 6.56. The number of unbranched alkanes of at least 4 members (excludes halogenated alkanes) is 3. The maximum atomic E-state index is 12.0. The molecular weight excluding hydrogens is 284 g/mol. The highest BCUT2D eigenvalue weighted by atomic mass is 16.2. The molecule has 0 aromatic carbocycles. The number of hydrogen-bond donors (Lipinski definition) is 1. The molecule has 130 valence electrons. The lowest BCUT2D eigenvalue weighted by Gasteiger charge is -2.57. The molecule has 0 radical (unpaired) electrons. The summed E-state index contributed by atoms with van der Waals surface area (Å²) in [6, 6.07) is 0. The van der Waals surface area contributed by atoms with Gasteiger partial charge in [-0.3, -0.25) is 4.79 Å². The second-order valence-electron chi connectivity index (χ2n) is 8.46. The quantitative estimate of drug-likeness (QED) is 0.379. The van der Waals surface area contributed by atoms with Crippen molar-refractivity contribution < 1.29 is 4.79 Å². The first-order valence-corrected chi connectivity index (χ1v) is 10.0. The summed E-state index contributed by atoms with van der Waals surface area (Å²) < 4.78 is 0. The van der Waals surface area contributed by atoms with E-state index in [9.17, 15) is 4.79 Å². The summed E-state index contributed by atoms with van der Waals surface area (Å²) in [5, 5.41) is 4.65. The van der Waals surface area contributed by atoms with Crippen molar-refractivity contribution in [2.24, 2.45) is 28.3 Å². The summed E-state index contributed by atoms with van der Waals surface area (Å²) in [7, 11) is 0. The number of nitrogens with zero attached hydrogens (tertiary/aromatic N) is 1. The fraction of sp³-hybridized carbons (Fsp3) is 0.900. The average Bonchev–Trinajstić information content (AvgIpc) is 2.50. The fourth-order valence-electron chi connectivity index (χ4n) is 5.93. The SMILES string of the molecule is CCCCCCC(=O)N/N=C(/CC)C12CC3CC(CC(C3)C1)C2. The van der Waals surface area contributed by atoms with Crippen LogP contribution in [0.3, 0.4) is 0 Å². The van der Waals surface area contributed by atoms with Crippen molar-refractivity contribution in [3.8, 4) is 0 Å². The maximum absolute atomic E-state index is 12.0. The molecule has 0 unspecified atom stereocenters. The number of carbonyl (C=O) groups excluding carboxylic acids is 1. The van der Waals surface area contributed by atoms with E-state index >= 15 is 0 Å². The van der Waals surface area contributed by atoms with Crippen molar-refractivity contribution in [2.75, 3.05) is 0 Å². The molecule has 4 fully saturated rings. The summed E-state index contributed by atoms with van der Waals surface area (Å²) >= 11 is 0. The number of hydrogen-bond acceptors (Lipinski definition) is 2. The summed E-state index contributed by atoms with van der Waals surface area (Å²) in [6.45, 7) is 4.41. The first-order valence-electron chi connectivity index (χ1n) is 10.0. The van der Waals surface area contributed by atoms with E-state index in [2.05, 4.69) is 24.4 Å². The van der Waals surface area contributed by atoms with Crippen LogP contribution in [-0.4, -0.2) is 11.6 Å². The summed E-state index contributed by atoms with van der Waals surface area (Å²) in [5.41, 5.74) is 4.51. The lowest BCUT2D eigenvalue weighted by atomic mass is 9.48. The van der Waals surface area contributed by atoms with Crippen LogP contribution in [0.15, 0.2) is 5.10 Å². The monoisotopic (exact) mass is 318 g/mol. The van der Waals surface area contributed by atoms with Crippen LogP contribution in [0, 0.1) is 23.2 Å².